The second kappa shape index (κ2) is 9.75. The van der Waals surface area contributed by atoms with E-state index in [-0.39, 0.29) is 33.2 Å². The molecule has 0 rings (SSSR count). The fourth-order valence-electron chi connectivity index (χ4n) is 8.44. The molecule has 0 saturated heterocycles. The zero-order valence-electron chi connectivity index (χ0n) is 21.6. The lowest BCUT2D eigenvalue weighted by Gasteiger charge is -2.60. The van der Waals surface area contributed by atoms with E-state index in [0.717, 1.165) is 0 Å². The van der Waals surface area contributed by atoms with Crippen LogP contribution >= 0.6 is 0 Å². The van der Waals surface area contributed by atoms with E-state index >= 15 is 0 Å². The second-order valence-electron chi connectivity index (χ2n) is 11.1. The predicted molar refractivity (Wildman–Crippen MR) is 133 cm³/mol. The number of carbonyl (C=O) groups is 1. The normalized spacial score (nSPS) is 17.5. The average Bonchev–Trinajstić information content (AvgIpc) is 2.48. The summed E-state index contributed by atoms with van der Waals surface area (Å²) in [5.74, 6) is -1.35. The molecule has 0 heterocycles. The van der Waals surface area contributed by atoms with Crippen LogP contribution in [0.1, 0.15) is 90.0 Å². The summed E-state index contributed by atoms with van der Waals surface area (Å²) in [5, 5.41) is 10.8. The van der Waals surface area contributed by atoms with Gasteiger partial charge in [-0.05, 0) is 22.2 Å². The first-order valence-corrected chi connectivity index (χ1v) is 17.4. The van der Waals surface area contributed by atoms with Crippen molar-refractivity contribution >= 4 is 32.2 Å². The van der Waals surface area contributed by atoms with Crippen LogP contribution in [-0.2, 0) is 14.9 Å². The Kier molecular flexibility index (Phi) is 9.69. The van der Waals surface area contributed by atoms with E-state index in [1.165, 1.54) is 0 Å². The smallest absolute Gasteiger partial charge is 0.324 e. The molecule has 0 bridgehead atoms. The summed E-state index contributed by atoms with van der Waals surface area (Å²) in [6.45, 7) is 26.3. The van der Waals surface area contributed by atoms with Gasteiger partial charge in [0, 0.05) is 0 Å². The Morgan fingerprint density at radius 2 is 0.933 bits per heavy atom. The quantitative estimate of drug-likeness (QED) is 0.246. The van der Waals surface area contributed by atoms with E-state index in [1.807, 2.05) is 48.5 Å². The molecule has 2 atom stereocenters. The zero-order valence-corrected chi connectivity index (χ0v) is 24.4. The van der Waals surface area contributed by atoms with Crippen LogP contribution in [0.2, 0.25) is 38.8 Å². The number of hydrogen-bond donors (Lipinski definition) is 2. The molecule has 0 aliphatic rings. The molecule has 0 aliphatic heterocycles. The van der Waals surface area contributed by atoms with Crippen LogP contribution in [-0.4, -0.2) is 44.6 Å². The maximum absolute atomic E-state index is 13.4. The van der Waals surface area contributed by atoms with E-state index < -0.39 is 42.1 Å². The van der Waals surface area contributed by atoms with Crippen LogP contribution in [0.3, 0.4) is 0 Å². The molecule has 0 radical (unpaired) electrons. The van der Waals surface area contributed by atoms with Gasteiger partial charge in [0.2, 0.25) is 0 Å². The Balaban J connectivity index is 8.07. The van der Waals surface area contributed by atoms with Crippen molar-refractivity contribution < 1.29 is 22.9 Å². The van der Waals surface area contributed by atoms with E-state index in [9.17, 15) is 22.9 Å². The molecule has 5 nitrogen and oxygen atoms in total. The standard InChI is InChI=1S/C22H48O5SSi2/c1-14(2)29(15(3)4,16(5)6)20(13)22(21(23)24,28(25,26)27)30(17(7)8,18(9)10)19(11)12/h14-20H,1-13H3,(H,23,24)(H,25,26,27). The topological polar surface area (TPSA) is 91.7 Å². The van der Waals surface area contributed by atoms with E-state index in [4.69, 9.17) is 0 Å². The molecule has 180 valence electrons. The lowest BCUT2D eigenvalue weighted by atomic mass is 10.3. The monoisotopic (exact) mass is 480 g/mol. The molecule has 0 aliphatic carbocycles. The van der Waals surface area contributed by atoms with Gasteiger partial charge in [0.1, 0.15) is 8.07 Å². The summed E-state index contributed by atoms with van der Waals surface area (Å²) in [5.41, 5.74) is -0.497. The first-order chi connectivity index (χ1) is 13.3. The SMILES string of the molecule is CC(C)[Si](C(C)C)(C(C)C)C(C)C(C(=O)O)([Si](C(C)C)(C(C)C)C(C)C)S(=O)(=O)O. The number of carboxylic acids is 1. The lowest BCUT2D eigenvalue weighted by Crippen LogP contribution is -2.76. The Bertz CT molecular complexity index is 655. The number of aliphatic carboxylic acids is 1. The Morgan fingerprint density at radius 3 is 1.07 bits per heavy atom. The van der Waals surface area contributed by atoms with E-state index in [1.54, 1.807) is 0 Å². The van der Waals surface area contributed by atoms with Crippen molar-refractivity contribution in [1.29, 1.82) is 0 Å². The predicted octanol–water partition coefficient (Wildman–Crippen LogP) is 6.98. The first-order valence-electron chi connectivity index (χ1n) is 11.5. The van der Waals surface area contributed by atoms with Crippen LogP contribution in [0.25, 0.3) is 0 Å². The molecule has 2 N–H and O–H groups in total. The largest absolute Gasteiger partial charge is 0.480 e. The minimum atomic E-state index is -4.90. The van der Waals surface area contributed by atoms with Gasteiger partial charge in [-0.3, -0.25) is 9.35 Å². The van der Waals surface area contributed by atoms with Crippen molar-refractivity contribution in [3.05, 3.63) is 0 Å². The highest BCUT2D eigenvalue weighted by Crippen LogP contribution is 2.62. The molecule has 2 unspecified atom stereocenters. The van der Waals surface area contributed by atoms with Crippen molar-refractivity contribution in [1.82, 2.24) is 0 Å². The summed E-state index contributed by atoms with van der Waals surface area (Å²) in [6.07, 6.45) is 0. The number of hydrogen-bond acceptors (Lipinski definition) is 3. The molecular weight excluding hydrogens is 432 g/mol. The molecule has 0 spiro atoms. The van der Waals surface area contributed by atoms with Gasteiger partial charge < -0.3 is 5.11 Å². The lowest BCUT2D eigenvalue weighted by molar-refractivity contribution is -0.138. The molecule has 8 heteroatoms. The molecule has 0 aromatic rings. The van der Waals surface area contributed by atoms with Gasteiger partial charge in [-0.25, -0.2) is 0 Å². The molecule has 0 aromatic heterocycles. The molecule has 0 fully saturated rings. The van der Waals surface area contributed by atoms with Crippen LogP contribution < -0.4 is 0 Å². The highest BCUT2D eigenvalue weighted by Gasteiger charge is 2.75. The zero-order chi connectivity index (χ0) is 24.6. The maximum atomic E-state index is 13.4. The Labute approximate surface area is 188 Å². The minimum Gasteiger partial charge on any atom is -0.480 e. The van der Waals surface area contributed by atoms with Gasteiger partial charge >= 0.3 is 5.97 Å². The molecule has 30 heavy (non-hydrogen) atoms. The van der Waals surface area contributed by atoms with Crippen molar-refractivity contribution in [3.8, 4) is 0 Å². The van der Waals surface area contributed by atoms with Gasteiger partial charge in [-0.1, -0.05) is 107 Å². The summed E-state index contributed by atoms with van der Waals surface area (Å²) in [4.78, 5) is 13.3. The van der Waals surface area contributed by atoms with Gasteiger partial charge in [-0.15, -0.1) is 0 Å². The summed E-state index contributed by atoms with van der Waals surface area (Å²) in [6, 6.07) is 0. The number of rotatable bonds is 11. The third-order valence-electron chi connectivity index (χ3n) is 8.59. The van der Waals surface area contributed by atoms with Crippen molar-refractivity contribution in [2.24, 2.45) is 0 Å². The number of carboxylic acid groups (broad SMARTS) is 1. The van der Waals surface area contributed by atoms with Gasteiger partial charge in [0.25, 0.3) is 10.1 Å². The average molecular weight is 481 g/mol. The summed E-state index contributed by atoms with van der Waals surface area (Å²) in [7, 11) is -10.7. The third kappa shape index (κ3) is 3.88. The molecule has 0 amide bonds. The Hall–Kier alpha value is -0.186. The first kappa shape index (κ1) is 29.8. The van der Waals surface area contributed by atoms with Crippen LogP contribution in [0.15, 0.2) is 0 Å². The maximum Gasteiger partial charge on any atom is 0.324 e. The summed E-state index contributed by atoms with van der Waals surface area (Å²) < 4.78 is 35.6. The minimum absolute atomic E-state index is 0.129. The third-order valence-corrected chi connectivity index (χ3v) is 27.9. The van der Waals surface area contributed by atoms with E-state index in [2.05, 4.69) is 41.5 Å². The van der Waals surface area contributed by atoms with Gasteiger partial charge in [0.05, 0.1) is 8.07 Å². The van der Waals surface area contributed by atoms with Crippen LogP contribution in [0.4, 0.5) is 0 Å². The Morgan fingerprint density at radius 1 is 0.667 bits per heavy atom. The fourth-order valence-corrected chi connectivity index (χ4v) is 31.1. The summed E-state index contributed by atoms with van der Waals surface area (Å²) >= 11 is 0. The molecule has 0 aromatic carbocycles. The van der Waals surface area contributed by atoms with E-state index in [0.29, 0.717) is 0 Å². The van der Waals surface area contributed by atoms with Gasteiger partial charge in [0.15, 0.2) is 4.37 Å². The van der Waals surface area contributed by atoms with Gasteiger partial charge in [-0.2, -0.15) is 8.42 Å². The highest BCUT2D eigenvalue weighted by atomic mass is 32.2. The van der Waals surface area contributed by atoms with Crippen molar-refractivity contribution in [2.75, 3.05) is 0 Å². The fraction of sp³-hybridized carbons (Fsp3) is 0.955. The molecular formula is C22H48O5SSi2. The van der Waals surface area contributed by atoms with Crippen LogP contribution in [0, 0.1) is 0 Å². The second-order valence-corrected chi connectivity index (χ2v) is 25.5. The van der Waals surface area contributed by atoms with Crippen LogP contribution in [0.5, 0.6) is 0 Å². The van der Waals surface area contributed by atoms with Crippen molar-refractivity contribution in [2.45, 2.75) is 133 Å². The highest BCUT2D eigenvalue weighted by molar-refractivity contribution is 7.90. The van der Waals surface area contributed by atoms with Crippen molar-refractivity contribution in [3.63, 3.8) is 0 Å². The molecule has 0 saturated carbocycles.